The van der Waals surface area contributed by atoms with E-state index < -0.39 is 12.0 Å². The van der Waals surface area contributed by atoms with Crippen LogP contribution in [0.5, 0.6) is 5.75 Å². The van der Waals surface area contributed by atoms with Crippen LogP contribution >= 0.6 is 0 Å². The van der Waals surface area contributed by atoms with Gasteiger partial charge in [0.2, 0.25) is 0 Å². The van der Waals surface area contributed by atoms with E-state index in [1.807, 2.05) is 0 Å². The first-order chi connectivity index (χ1) is 8.15. The highest BCUT2D eigenvalue weighted by molar-refractivity contribution is 5.70. The topological polar surface area (TPSA) is 95.3 Å². The number of azide groups is 1. The molecule has 0 aliphatic carbocycles. The molecule has 1 aromatic rings. The maximum Gasteiger partial charge on any atom is 0.305 e. The van der Waals surface area contributed by atoms with E-state index in [-0.39, 0.29) is 12.2 Å². The molecule has 0 spiro atoms. The van der Waals surface area contributed by atoms with Crippen molar-refractivity contribution in [1.29, 1.82) is 0 Å². The number of rotatable bonds is 5. The van der Waals surface area contributed by atoms with Gasteiger partial charge in [-0.05, 0) is 29.6 Å². The van der Waals surface area contributed by atoms with Crippen LogP contribution in [0.2, 0.25) is 0 Å². The van der Waals surface area contributed by atoms with E-state index in [1.54, 1.807) is 24.3 Å². The monoisotopic (exact) mass is 235 g/mol. The van der Waals surface area contributed by atoms with Crippen molar-refractivity contribution in [1.82, 2.24) is 0 Å². The van der Waals surface area contributed by atoms with Gasteiger partial charge < -0.3 is 9.84 Å². The predicted octanol–water partition coefficient (Wildman–Crippen LogP) is 2.18. The maximum atomic E-state index is 11.1. The molecule has 0 radical (unpaired) electrons. The molecule has 0 saturated heterocycles. The van der Waals surface area contributed by atoms with Gasteiger partial charge in [-0.3, -0.25) is 4.79 Å². The van der Waals surface area contributed by atoms with Gasteiger partial charge in [-0.1, -0.05) is 17.2 Å². The van der Waals surface area contributed by atoms with Crippen LogP contribution in [-0.2, 0) is 16.0 Å². The number of phenols is 1. The molecule has 6 nitrogen and oxygen atoms in total. The quantitative estimate of drug-likeness (QED) is 0.366. The average Bonchev–Trinajstić information content (AvgIpc) is 2.32. The molecule has 6 heteroatoms. The SMILES string of the molecule is COC(=O)C[C@H](Cc1ccc(O)cc1)N=[N+]=[N-]. The van der Waals surface area contributed by atoms with Crippen LogP contribution in [0.15, 0.2) is 29.4 Å². The van der Waals surface area contributed by atoms with E-state index in [4.69, 9.17) is 10.6 Å². The summed E-state index contributed by atoms with van der Waals surface area (Å²) in [7, 11) is 1.29. The highest BCUT2D eigenvalue weighted by Crippen LogP contribution is 2.14. The van der Waals surface area contributed by atoms with Crippen LogP contribution in [-0.4, -0.2) is 24.2 Å². The lowest BCUT2D eigenvalue weighted by molar-refractivity contribution is -0.140. The number of carbonyl (C=O) groups is 1. The smallest absolute Gasteiger partial charge is 0.305 e. The van der Waals surface area contributed by atoms with Crippen LogP contribution in [0.1, 0.15) is 12.0 Å². The standard InChI is InChI=1S/C11H13N3O3/c1-17-11(16)7-9(13-14-12)6-8-2-4-10(15)5-3-8/h2-5,9,15H,6-7H2,1H3/t9-/m0/s1. The van der Waals surface area contributed by atoms with Crippen molar-refractivity contribution in [2.24, 2.45) is 5.11 Å². The third kappa shape index (κ3) is 4.44. The fourth-order valence-electron chi connectivity index (χ4n) is 1.41. The van der Waals surface area contributed by atoms with Gasteiger partial charge in [0, 0.05) is 4.91 Å². The molecule has 17 heavy (non-hydrogen) atoms. The van der Waals surface area contributed by atoms with Crippen LogP contribution in [0.25, 0.3) is 10.4 Å². The second-order valence-electron chi connectivity index (χ2n) is 3.51. The molecule has 1 atom stereocenters. The van der Waals surface area contributed by atoms with E-state index in [0.29, 0.717) is 6.42 Å². The number of hydrogen-bond donors (Lipinski definition) is 1. The van der Waals surface area contributed by atoms with Gasteiger partial charge >= 0.3 is 5.97 Å². The highest BCUT2D eigenvalue weighted by Gasteiger charge is 2.13. The zero-order valence-corrected chi connectivity index (χ0v) is 9.41. The largest absolute Gasteiger partial charge is 0.508 e. The second kappa shape index (κ2) is 6.40. The summed E-state index contributed by atoms with van der Waals surface area (Å²) in [6.45, 7) is 0. The van der Waals surface area contributed by atoms with Crippen molar-refractivity contribution in [2.75, 3.05) is 7.11 Å². The summed E-state index contributed by atoms with van der Waals surface area (Å²) in [4.78, 5) is 13.8. The molecule has 0 saturated carbocycles. The molecule has 0 bridgehead atoms. The van der Waals surface area contributed by atoms with Crippen LogP contribution in [0.4, 0.5) is 0 Å². The number of hydrogen-bond acceptors (Lipinski definition) is 4. The summed E-state index contributed by atoms with van der Waals surface area (Å²) < 4.78 is 4.52. The normalized spacial score (nSPS) is 11.4. The Labute approximate surface area is 98.5 Å². The van der Waals surface area contributed by atoms with Crippen LogP contribution < -0.4 is 0 Å². The summed E-state index contributed by atoms with van der Waals surface area (Å²) in [6, 6.07) is 6.04. The highest BCUT2D eigenvalue weighted by atomic mass is 16.5. The van der Waals surface area contributed by atoms with Crippen LogP contribution in [0, 0.1) is 0 Å². The summed E-state index contributed by atoms with van der Waals surface area (Å²) in [5.41, 5.74) is 9.29. The van der Waals surface area contributed by atoms with Crippen molar-refractivity contribution >= 4 is 5.97 Å². The number of ether oxygens (including phenoxy) is 1. The number of nitrogens with zero attached hydrogens (tertiary/aromatic N) is 3. The van der Waals surface area contributed by atoms with Crippen molar-refractivity contribution in [3.63, 3.8) is 0 Å². The van der Waals surface area contributed by atoms with E-state index in [1.165, 1.54) is 7.11 Å². The summed E-state index contributed by atoms with van der Waals surface area (Å²) >= 11 is 0. The average molecular weight is 235 g/mol. The number of methoxy groups -OCH3 is 1. The first-order valence-electron chi connectivity index (χ1n) is 5.04. The Bertz CT molecular complexity index is 424. The van der Waals surface area contributed by atoms with Crippen molar-refractivity contribution in [3.05, 3.63) is 40.3 Å². The lowest BCUT2D eigenvalue weighted by Crippen LogP contribution is -2.15. The minimum absolute atomic E-state index is 0.0431. The molecule has 0 amide bonds. The number of carbonyl (C=O) groups excluding carboxylic acids is 1. The molecule has 1 aromatic carbocycles. The Morgan fingerprint density at radius 3 is 2.71 bits per heavy atom. The van der Waals surface area contributed by atoms with E-state index >= 15 is 0 Å². The lowest BCUT2D eigenvalue weighted by Gasteiger charge is -2.09. The molecule has 0 unspecified atom stereocenters. The zero-order valence-electron chi connectivity index (χ0n) is 9.41. The van der Waals surface area contributed by atoms with Gasteiger partial charge in [-0.2, -0.15) is 0 Å². The van der Waals surface area contributed by atoms with Crippen LogP contribution in [0.3, 0.4) is 0 Å². The second-order valence-corrected chi connectivity index (χ2v) is 3.51. The molecule has 1 N–H and O–H groups in total. The van der Waals surface area contributed by atoms with Crippen molar-refractivity contribution in [2.45, 2.75) is 18.9 Å². The Hall–Kier alpha value is -2.20. The molecule has 90 valence electrons. The zero-order chi connectivity index (χ0) is 12.7. The first-order valence-corrected chi connectivity index (χ1v) is 5.04. The predicted molar refractivity (Wildman–Crippen MR) is 61.4 cm³/mol. The number of aromatic hydroxyl groups is 1. The van der Waals surface area contributed by atoms with Crippen molar-refractivity contribution < 1.29 is 14.6 Å². The van der Waals surface area contributed by atoms with Gasteiger partial charge in [-0.15, -0.1) is 0 Å². The molecule has 0 aliphatic heterocycles. The first kappa shape index (κ1) is 12.9. The lowest BCUT2D eigenvalue weighted by atomic mass is 10.0. The summed E-state index contributed by atoms with van der Waals surface area (Å²) in [5, 5.41) is 12.7. The number of phenolic OH excluding ortho intramolecular Hbond substituents is 1. The summed E-state index contributed by atoms with van der Waals surface area (Å²) in [5.74, 6) is -0.247. The molecular weight excluding hydrogens is 222 g/mol. The van der Waals surface area contributed by atoms with E-state index in [2.05, 4.69) is 14.8 Å². The third-order valence-electron chi connectivity index (χ3n) is 2.25. The van der Waals surface area contributed by atoms with Gasteiger partial charge in [0.05, 0.1) is 19.6 Å². The Morgan fingerprint density at radius 1 is 1.53 bits per heavy atom. The number of esters is 1. The molecule has 0 fully saturated rings. The number of benzene rings is 1. The molecular formula is C11H13N3O3. The van der Waals surface area contributed by atoms with E-state index in [0.717, 1.165) is 5.56 Å². The van der Waals surface area contributed by atoms with Gasteiger partial charge in [0.25, 0.3) is 0 Å². The van der Waals surface area contributed by atoms with Gasteiger partial charge in [0.1, 0.15) is 5.75 Å². The molecule has 1 rings (SSSR count). The van der Waals surface area contributed by atoms with E-state index in [9.17, 15) is 4.79 Å². The Morgan fingerprint density at radius 2 is 2.18 bits per heavy atom. The maximum absolute atomic E-state index is 11.1. The molecule has 0 aromatic heterocycles. The van der Waals surface area contributed by atoms with Gasteiger partial charge in [-0.25, -0.2) is 0 Å². The third-order valence-corrected chi connectivity index (χ3v) is 2.25. The Balaban J connectivity index is 2.69. The van der Waals surface area contributed by atoms with Gasteiger partial charge in [0.15, 0.2) is 0 Å². The molecule has 0 heterocycles. The fraction of sp³-hybridized carbons (Fsp3) is 0.364. The Kier molecular flexibility index (Phi) is 4.84. The minimum Gasteiger partial charge on any atom is -0.508 e. The van der Waals surface area contributed by atoms with Crippen molar-refractivity contribution in [3.8, 4) is 5.75 Å². The molecule has 0 aliphatic rings. The minimum atomic E-state index is -0.475. The fourth-order valence-corrected chi connectivity index (χ4v) is 1.41. The summed E-state index contributed by atoms with van der Waals surface area (Å²) in [6.07, 6.45) is 0.473.